The molecule has 1 aliphatic heterocycles. The molecule has 94 valence electrons. The van der Waals surface area contributed by atoms with E-state index in [0.717, 1.165) is 30.3 Å². The molecule has 1 aromatic rings. The molecule has 2 heterocycles. The van der Waals surface area contributed by atoms with E-state index in [1.165, 1.54) is 5.56 Å². The summed E-state index contributed by atoms with van der Waals surface area (Å²) in [5, 5.41) is 3.31. The van der Waals surface area contributed by atoms with Crippen molar-refractivity contribution in [2.24, 2.45) is 5.41 Å². The maximum atomic E-state index is 5.57. The third kappa shape index (κ3) is 2.33. The Morgan fingerprint density at radius 3 is 2.53 bits per heavy atom. The van der Waals surface area contributed by atoms with Gasteiger partial charge in [-0.1, -0.05) is 20.8 Å². The first-order chi connectivity index (χ1) is 7.93. The van der Waals surface area contributed by atoms with Crippen LogP contribution in [0.4, 0.5) is 0 Å². The number of aryl methyl sites for hydroxylation is 1. The van der Waals surface area contributed by atoms with E-state index in [1.54, 1.807) is 7.11 Å². The van der Waals surface area contributed by atoms with Crippen LogP contribution in [0, 0.1) is 12.3 Å². The first-order valence-corrected chi connectivity index (χ1v) is 6.03. The van der Waals surface area contributed by atoms with E-state index in [4.69, 9.17) is 4.74 Å². The monoisotopic (exact) mass is 235 g/mol. The molecule has 0 saturated carbocycles. The molecule has 0 aromatic carbocycles. The molecule has 0 amide bonds. The van der Waals surface area contributed by atoms with Crippen molar-refractivity contribution in [2.45, 2.75) is 46.9 Å². The molecule has 2 rings (SSSR count). The van der Waals surface area contributed by atoms with Crippen molar-refractivity contribution in [3.05, 3.63) is 22.8 Å². The van der Waals surface area contributed by atoms with Crippen LogP contribution < -0.4 is 5.32 Å². The van der Waals surface area contributed by atoms with E-state index < -0.39 is 0 Å². The van der Waals surface area contributed by atoms with Crippen LogP contribution in [0.5, 0.6) is 0 Å². The van der Waals surface area contributed by atoms with Crippen LogP contribution in [-0.2, 0) is 17.8 Å². The molecule has 4 heteroatoms. The van der Waals surface area contributed by atoms with Gasteiger partial charge in [-0.3, -0.25) is 0 Å². The van der Waals surface area contributed by atoms with E-state index in [2.05, 4.69) is 36.1 Å². The minimum Gasteiger partial charge on any atom is -0.373 e. The molecule has 1 aromatic heterocycles. The summed E-state index contributed by atoms with van der Waals surface area (Å²) in [4.78, 5) is 9.26. The lowest BCUT2D eigenvalue weighted by Gasteiger charge is -2.28. The first-order valence-electron chi connectivity index (χ1n) is 6.03. The third-order valence-electron chi connectivity index (χ3n) is 3.17. The van der Waals surface area contributed by atoms with Gasteiger partial charge in [0.2, 0.25) is 0 Å². The van der Waals surface area contributed by atoms with Crippen molar-refractivity contribution in [1.82, 2.24) is 15.3 Å². The predicted molar refractivity (Wildman–Crippen MR) is 66.5 cm³/mol. The van der Waals surface area contributed by atoms with Gasteiger partial charge < -0.3 is 10.1 Å². The molecule has 1 N–H and O–H groups in total. The fourth-order valence-corrected chi connectivity index (χ4v) is 2.32. The van der Waals surface area contributed by atoms with Gasteiger partial charge in [0.05, 0.1) is 5.69 Å². The van der Waals surface area contributed by atoms with Crippen molar-refractivity contribution in [3.63, 3.8) is 0 Å². The highest BCUT2D eigenvalue weighted by molar-refractivity contribution is 5.28. The number of aromatic nitrogens is 2. The van der Waals surface area contributed by atoms with Crippen molar-refractivity contribution in [1.29, 1.82) is 0 Å². The quantitative estimate of drug-likeness (QED) is 0.853. The normalized spacial score (nSPS) is 17.0. The highest BCUT2D eigenvalue weighted by Crippen LogP contribution is 2.34. The lowest BCUT2D eigenvalue weighted by Crippen LogP contribution is -2.23. The van der Waals surface area contributed by atoms with E-state index in [-0.39, 0.29) is 11.5 Å². The van der Waals surface area contributed by atoms with Crippen molar-refractivity contribution < 1.29 is 4.74 Å². The summed E-state index contributed by atoms with van der Waals surface area (Å²) in [5.41, 5.74) is 3.44. The molecule has 0 radical (unpaired) electrons. The van der Waals surface area contributed by atoms with Crippen LogP contribution in [-0.4, -0.2) is 17.1 Å². The lowest BCUT2D eigenvalue weighted by molar-refractivity contribution is 0.00840. The van der Waals surface area contributed by atoms with Gasteiger partial charge in [-0.2, -0.15) is 0 Å². The fourth-order valence-electron chi connectivity index (χ4n) is 2.32. The van der Waals surface area contributed by atoms with Crippen LogP contribution in [0.3, 0.4) is 0 Å². The Hall–Kier alpha value is -1.00. The molecule has 17 heavy (non-hydrogen) atoms. The zero-order chi connectivity index (χ0) is 12.6. The van der Waals surface area contributed by atoms with Gasteiger partial charge >= 0.3 is 0 Å². The highest BCUT2D eigenvalue weighted by atomic mass is 16.5. The number of hydrogen-bond donors (Lipinski definition) is 1. The first kappa shape index (κ1) is 12.5. The Labute approximate surface area is 103 Å². The van der Waals surface area contributed by atoms with Crippen molar-refractivity contribution >= 4 is 0 Å². The van der Waals surface area contributed by atoms with Gasteiger partial charge in [0.1, 0.15) is 6.10 Å². The molecule has 4 nitrogen and oxygen atoms in total. The second-order valence-electron chi connectivity index (χ2n) is 5.68. The van der Waals surface area contributed by atoms with E-state index >= 15 is 0 Å². The zero-order valence-electron chi connectivity index (χ0n) is 11.3. The molecule has 1 atom stereocenters. The minimum absolute atomic E-state index is 0.00145. The summed E-state index contributed by atoms with van der Waals surface area (Å²) in [6.45, 7) is 10.2. The number of nitrogens with one attached hydrogen (secondary N) is 1. The number of methoxy groups -OCH3 is 1. The zero-order valence-corrected chi connectivity index (χ0v) is 11.3. The SMILES string of the molecule is COC(c1nc(C)c2c(n1)CNC2)C(C)(C)C. The number of fused-ring (bicyclic) bond motifs is 1. The summed E-state index contributed by atoms with van der Waals surface area (Å²) in [6.07, 6.45) is -0.0629. The Bertz CT molecular complexity index is 423. The minimum atomic E-state index is -0.0629. The van der Waals surface area contributed by atoms with Crippen LogP contribution >= 0.6 is 0 Å². The van der Waals surface area contributed by atoms with Gasteiger partial charge in [0, 0.05) is 31.5 Å². The average molecular weight is 235 g/mol. The van der Waals surface area contributed by atoms with Crippen LogP contribution in [0.2, 0.25) is 0 Å². The molecule has 0 saturated heterocycles. The topological polar surface area (TPSA) is 47.0 Å². The predicted octanol–water partition coefficient (Wildman–Crippen LogP) is 2.12. The van der Waals surface area contributed by atoms with Crippen LogP contribution in [0.15, 0.2) is 0 Å². The molecular formula is C13H21N3O. The van der Waals surface area contributed by atoms with Crippen LogP contribution in [0.1, 0.15) is 49.7 Å². The van der Waals surface area contributed by atoms with Crippen molar-refractivity contribution in [3.8, 4) is 0 Å². The number of rotatable bonds is 2. The largest absolute Gasteiger partial charge is 0.373 e. The van der Waals surface area contributed by atoms with Gasteiger partial charge in [-0.05, 0) is 12.3 Å². The van der Waals surface area contributed by atoms with Crippen LogP contribution in [0.25, 0.3) is 0 Å². The molecule has 0 fully saturated rings. The highest BCUT2D eigenvalue weighted by Gasteiger charge is 2.30. The summed E-state index contributed by atoms with van der Waals surface area (Å²) in [7, 11) is 1.72. The summed E-state index contributed by atoms with van der Waals surface area (Å²) < 4.78 is 5.57. The maximum Gasteiger partial charge on any atom is 0.158 e. The number of ether oxygens (including phenoxy) is 1. The Kier molecular flexibility index (Phi) is 3.19. The Morgan fingerprint density at radius 1 is 1.24 bits per heavy atom. The standard InChI is InChI=1S/C13H21N3O/c1-8-9-6-14-7-10(9)16-12(15-8)11(17-5)13(2,3)4/h11,14H,6-7H2,1-5H3. The summed E-state index contributed by atoms with van der Waals surface area (Å²) >= 11 is 0. The molecule has 0 spiro atoms. The second kappa shape index (κ2) is 4.35. The third-order valence-corrected chi connectivity index (χ3v) is 3.17. The van der Waals surface area contributed by atoms with Gasteiger partial charge in [-0.25, -0.2) is 9.97 Å². The number of nitrogens with zero attached hydrogens (tertiary/aromatic N) is 2. The smallest absolute Gasteiger partial charge is 0.158 e. The van der Waals surface area contributed by atoms with Crippen molar-refractivity contribution in [2.75, 3.05) is 7.11 Å². The summed E-state index contributed by atoms with van der Waals surface area (Å²) in [5.74, 6) is 0.806. The Balaban J connectivity index is 2.43. The second-order valence-corrected chi connectivity index (χ2v) is 5.68. The average Bonchev–Trinajstić information content (AvgIpc) is 2.64. The van der Waals surface area contributed by atoms with Gasteiger partial charge in [0.25, 0.3) is 0 Å². The lowest BCUT2D eigenvalue weighted by atomic mass is 9.88. The van der Waals surface area contributed by atoms with Gasteiger partial charge in [-0.15, -0.1) is 0 Å². The Morgan fingerprint density at radius 2 is 1.94 bits per heavy atom. The van der Waals surface area contributed by atoms with Gasteiger partial charge in [0.15, 0.2) is 5.82 Å². The molecular weight excluding hydrogens is 214 g/mol. The van der Waals surface area contributed by atoms with E-state index in [1.807, 2.05) is 6.92 Å². The molecule has 1 unspecified atom stereocenters. The molecule has 0 bridgehead atoms. The van der Waals surface area contributed by atoms with E-state index in [0.29, 0.717) is 0 Å². The molecule has 1 aliphatic rings. The molecule has 0 aliphatic carbocycles. The van der Waals surface area contributed by atoms with E-state index in [9.17, 15) is 0 Å². The number of hydrogen-bond acceptors (Lipinski definition) is 4. The summed E-state index contributed by atoms with van der Waals surface area (Å²) in [6, 6.07) is 0. The maximum absolute atomic E-state index is 5.57. The fraction of sp³-hybridized carbons (Fsp3) is 0.692.